The quantitative estimate of drug-likeness (QED) is 0.683. The van der Waals surface area contributed by atoms with Crippen LogP contribution >= 0.6 is 23.2 Å². The van der Waals surface area contributed by atoms with Gasteiger partial charge < -0.3 is 10.1 Å². The van der Waals surface area contributed by atoms with Gasteiger partial charge in [0.25, 0.3) is 0 Å². The van der Waals surface area contributed by atoms with Crippen LogP contribution in [0.3, 0.4) is 0 Å². The van der Waals surface area contributed by atoms with Crippen molar-refractivity contribution in [3.8, 4) is 5.75 Å². The number of hydrogen-bond acceptors (Lipinski definition) is 2. The van der Waals surface area contributed by atoms with Gasteiger partial charge in [-0.15, -0.1) is 0 Å². The normalized spacial score (nSPS) is 12.0. The first-order valence-electron chi connectivity index (χ1n) is 7.11. The zero-order valence-electron chi connectivity index (χ0n) is 12.5. The minimum absolute atomic E-state index is 0.246. The Kier molecular flexibility index (Phi) is 6.32. The standard InChI is InChI=1S/C18H19Cl2NO/c1-3-9-22-18-16(19)10-14(11-17(18)20)12-21-13(2)15-7-5-4-6-8-15/h3-8,10-11,13,21H,1,9,12H2,2H3/t13-/m1/s1. The predicted octanol–water partition coefficient (Wildman–Crippen LogP) is 5.41. The molecule has 2 rings (SSSR count). The highest BCUT2D eigenvalue weighted by atomic mass is 35.5. The highest BCUT2D eigenvalue weighted by Crippen LogP contribution is 2.34. The van der Waals surface area contributed by atoms with Crippen LogP contribution in [-0.2, 0) is 6.54 Å². The van der Waals surface area contributed by atoms with E-state index >= 15 is 0 Å². The Morgan fingerprint density at radius 1 is 1.18 bits per heavy atom. The number of hydrogen-bond donors (Lipinski definition) is 1. The van der Waals surface area contributed by atoms with Crippen LogP contribution in [-0.4, -0.2) is 6.61 Å². The summed E-state index contributed by atoms with van der Waals surface area (Å²) in [7, 11) is 0. The fourth-order valence-electron chi connectivity index (χ4n) is 2.13. The van der Waals surface area contributed by atoms with E-state index in [4.69, 9.17) is 27.9 Å². The molecule has 4 heteroatoms. The van der Waals surface area contributed by atoms with Gasteiger partial charge in [-0.1, -0.05) is 66.2 Å². The molecule has 0 fully saturated rings. The minimum atomic E-state index is 0.246. The largest absolute Gasteiger partial charge is 0.486 e. The summed E-state index contributed by atoms with van der Waals surface area (Å²) in [6.07, 6.45) is 1.66. The summed E-state index contributed by atoms with van der Waals surface area (Å²) in [4.78, 5) is 0. The van der Waals surface area contributed by atoms with Crippen LogP contribution in [0.5, 0.6) is 5.75 Å². The molecular formula is C18H19Cl2NO. The van der Waals surface area contributed by atoms with E-state index < -0.39 is 0 Å². The van der Waals surface area contributed by atoms with E-state index in [2.05, 4.69) is 31.0 Å². The summed E-state index contributed by atoms with van der Waals surface area (Å²) >= 11 is 12.5. The second-order valence-corrected chi connectivity index (χ2v) is 5.82. The molecule has 0 amide bonds. The first kappa shape index (κ1) is 16.9. The van der Waals surface area contributed by atoms with E-state index in [1.54, 1.807) is 6.08 Å². The molecule has 0 bridgehead atoms. The Bertz CT molecular complexity index is 605. The molecule has 2 aromatic carbocycles. The summed E-state index contributed by atoms with van der Waals surface area (Å²) in [6, 6.07) is 14.3. The lowest BCUT2D eigenvalue weighted by Crippen LogP contribution is -2.18. The van der Waals surface area contributed by atoms with Crippen molar-refractivity contribution in [2.45, 2.75) is 19.5 Å². The number of rotatable bonds is 7. The van der Waals surface area contributed by atoms with Gasteiger partial charge in [-0.05, 0) is 30.2 Å². The van der Waals surface area contributed by atoms with Crippen molar-refractivity contribution in [3.63, 3.8) is 0 Å². The predicted molar refractivity (Wildman–Crippen MR) is 93.9 cm³/mol. The molecule has 0 spiro atoms. The number of nitrogens with one attached hydrogen (secondary N) is 1. The van der Waals surface area contributed by atoms with E-state index in [1.807, 2.05) is 30.3 Å². The molecule has 0 aliphatic heterocycles. The smallest absolute Gasteiger partial charge is 0.156 e. The molecule has 0 unspecified atom stereocenters. The summed E-state index contributed by atoms with van der Waals surface area (Å²) in [5, 5.41) is 4.48. The van der Waals surface area contributed by atoms with Gasteiger partial charge in [0.05, 0.1) is 10.0 Å². The van der Waals surface area contributed by atoms with Gasteiger partial charge in [0.2, 0.25) is 0 Å². The van der Waals surface area contributed by atoms with E-state index in [0.29, 0.717) is 28.9 Å². The summed E-state index contributed by atoms with van der Waals surface area (Å²) in [6.45, 7) is 6.79. The fourth-order valence-corrected chi connectivity index (χ4v) is 2.77. The van der Waals surface area contributed by atoms with Crippen LogP contribution in [0.2, 0.25) is 10.0 Å². The third-order valence-corrected chi connectivity index (χ3v) is 3.88. The summed E-state index contributed by atoms with van der Waals surface area (Å²) in [5.74, 6) is 0.503. The molecule has 0 aliphatic rings. The van der Waals surface area contributed by atoms with Gasteiger partial charge in [0.1, 0.15) is 6.61 Å². The summed E-state index contributed by atoms with van der Waals surface area (Å²) < 4.78 is 5.46. The average Bonchev–Trinajstić information content (AvgIpc) is 2.52. The van der Waals surface area contributed by atoms with Crippen LogP contribution in [0.4, 0.5) is 0 Å². The van der Waals surface area contributed by atoms with Gasteiger partial charge in [-0.3, -0.25) is 0 Å². The van der Waals surface area contributed by atoms with Crippen LogP contribution in [0.15, 0.2) is 55.1 Å². The molecule has 2 nitrogen and oxygen atoms in total. The second-order valence-electron chi connectivity index (χ2n) is 5.00. The second kappa shape index (κ2) is 8.23. The molecule has 22 heavy (non-hydrogen) atoms. The van der Waals surface area contributed by atoms with Crippen molar-refractivity contribution in [3.05, 3.63) is 76.3 Å². The minimum Gasteiger partial charge on any atom is -0.486 e. The molecule has 0 saturated carbocycles. The molecule has 0 saturated heterocycles. The van der Waals surface area contributed by atoms with Crippen LogP contribution in [0.1, 0.15) is 24.1 Å². The fraction of sp³-hybridized carbons (Fsp3) is 0.222. The zero-order valence-corrected chi connectivity index (χ0v) is 14.0. The van der Waals surface area contributed by atoms with Crippen molar-refractivity contribution in [1.82, 2.24) is 5.32 Å². The topological polar surface area (TPSA) is 21.3 Å². The number of benzene rings is 2. The molecular weight excluding hydrogens is 317 g/mol. The van der Waals surface area contributed by atoms with E-state index in [0.717, 1.165) is 5.56 Å². The lowest BCUT2D eigenvalue weighted by molar-refractivity contribution is 0.363. The molecule has 0 radical (unpaired) electrons. The maximum atomic E-state index is 6.23. The van der Waals surface area contributed by atoms with E-state index in [9.17, 15) is 0 Å². The van der Waals surface area contributed by atoms with Crippen molar-refractivity contribution >= 4 is 23.2 Å². The Balaban J connectivity index is 2.03. The third kappa shape index (κ3) is 4.51. The molecule has 1 N–H and O–H groups in total. The van der Waals surface area contributed by atoms with Crippen LogP contribution in [0.25, 0.3) is 0 Å². The van der Waals surface area contributed by atoms with Crippen LogP contribution < -0.4 is 10.1 Å². The Labute approximate surface area is 141 Å². The number of halogens is 2. The monoisotopic (exact) mass is 335 g/mol. The molecule has 1 atom stereocenters. The van der Waals surface area contributed by atoms with Crippen LogP contribution in [0, 0.1) is 0 Å². The van der Waals surface area contributed by atoms with Crippen molar-refractivity contribution < 1.29 is 4.74 Å². The molecule has 116 valence electrons. The lowest BCUT2D eigenvalue weighted by Gasteiger charge is -2.15. The Morgan fingerprint density at radius 3 is 2.41 bits per heavy atom. The van der Waals surface area contributed by atoms with Gasteiger partial charge in [0.15, 0.2) is 5.75 Å². The lowest BCUT2D eigenvalue weighted by atomic mass is 10.1. The van der Waals surface area contributed by atoms with Crippen molar-refractivity contribution in [1.29, 1.82) is 0 Å². The maximum absolute atomic E-state index is 6.23. The highest BCUT2D eigenvalue weighted by molar-refractivity contribution is 6.37. The zero-order chi connectivity index (χ0) is 15.9. The Hall–Kier alpha value is -1.48. The summed E-state index contributed by atoms with van der Waals surface area (Å²) in [5.41, 5.74) is 2.26. The average molecular weight is 336 g/mol. The first-order valence-corrected chi connectivity index (χ1v) is 7.87. The van der Waals surface area contributed by atoms with Crippen molar-refractivity contribution in [2.75, 3.05) is 6.61 Å². The van der Waals surface area contributed by atoms with E-state index in [-0.39, 0.29) is 6.04 Å². The molecule has 0 heterocycles. The van der Waals surface area contributed by atoms with Gasteiger partial charge >= 0.3 is 0 Å². The Morgan fingerprint density at radius 2 is 1.82 bits per heavy atom. The SMILES string of the molecule is C=CCOc1c(Cl)cc(CN[C@H](C)c2ccccc2)cc1Cl. The van der Waals surface area contributed by atoms with Gasteiger partial charge in [-0.2, -0.15) is 0 Å². The first-order chi connectivity index (χ1) is 10.6. The third-order valence-electron chi connectivity index (χ3n) is 3.32. The number of ether oxygens (including phenoxy) is 1. The molecule has 0 aromatic heterocycles. The van der Waals surface area contributed by atoms with E-state index in [1.165, 1.54) is 5.56 Å². The van der Waals surface area contributed by atoms with Gasteiger partial charge in [-0.25, -0.2) is 0 Å². The molecule has 2 aromatic rings. The maximum Gasteiger partial charge on any atom is 0.156 e. The van der Waals surface area contributed by atoms with Crippen molar-refractivity contribution in [2.24, 2.45) is 0 Å². The molecule has 0 aliphatic carbocycles. The highest BCUT2D eigenvalue weighted by Gasteiger charge is 2.10. The van der Waals surface area contributed by atoms with Gasteiger partial charge in [0, 0.05) is 12.6 Å².